The van der Waals surface area contributed by atoms with Crippen molar-refractivity contribution in [2.24, 2.45) is 0 Å². The molecule has 0 aliphatic heterocycles. The van der Waals surface area contributed by atoms with Gasteiger partial charge in [-0.3, -0.25) is 10.1 Å². The molecule has 0 atom stereocenters. The summed E-state index contributed by atoms with van der Waals surface area (Å²) in [5.41, 5.74) is -0.00345. The van der Waals surface area contributed by atoms with Crippen molar-refractivity contribution in [2.45, 2.75) is 9.79 Å². The van der Waals surface area contributed by atoms with Crippen LogP contribution in [0.25, 0.3) is 0 Å². The number of nitro benzene ring substituents is 1. The number of carboxylic acids is 1. The van der Waals surface area contributed by atoms with E-state index in [0.717, 1.165) is 11.8 Å². The Morgan fingerprint density at radius 1 is 1.29 bits per heavy atom. The Morgan fingerprint density at radius 3 is 2.62 bits per heavy atom. The minimum atomic E-state index is -1.04. The van der Waals surface area contributed by atoms with E-state index in [-0.39, 0.29) is 17.0 Å². The molecule has 0 bridgehead atoms. The standard InChI is InChI=1S/C14H11NO5S/c1-20-11-6-3-7-12(13(11)15(18)19)21-10-5-2-4-9(8-10)14(16)17/h2-8H,1H3,(H,16,17). The maximum absolute atomic E-state index is 11.2. The van der Waals surface area contributed by atoms with E-state index >= 15 is 0 Å². The second kappa shape index (κ2) is 6.27. The van der Waals surface area contributed by atoms with Gasteiger partial charge in [0, 0.05) is 4.90 Å². The fourth-order valence-corrected chi connectivity index (χ4v) is 2.75. The molecule has 2 aromatic carbocycles. The Morgan fingerprint density at radius 2 is 2.00 bits per heavy atom. The van der Waals surface area contributed by atoms with Crippen LogP contribution in [0, 0.1) is 10.1 Å². The molecule has 0 amide bonds. The van der Waals surface area contributed by atoms with Crippen LogP contribution in [0.2, 0.25) is 0 Å². The van der Waals surface area contributed by atoms with Gasteiger partial charge >= 0.3 is 11.7 Å². The highest BCUT2D eigenvalue weighted by molar-refractivity contribution is 7.99. The van der Waals surface area contributed by atoms with E-state index in [1.165, 1.54) is 25.3 Å². The maximum atomic E-state index is 11.2. The van der Waals surface area contributed by atoms with Crippen LogP contribution in [0.4, 0.5) is 5.69 Å². The summed E-state index contributed by atoms with van der Waals surface area (Å²) in [6, 6.07) is 11.0. The van der Waals surface area contributed by atoms with E-state index in [4.69, 9.17) is 9.84 Å². The molecule has 21 heavy (non-hydrogen) atoms. The lowest BCUT2D eigenvalue weighted by molar-refractivity contribution is -0.388. The van der Waals surface area contributed by atoms with Gasteiger partial charge in [0.25, 0.3) is 0 Å². The van der Waals surface area contributed by atoms with Gasteiger partial charge in [0.1, 0.15) is 0 Å². The predicted octanol–water partition coefficient (Wildman–Crippen LogP) is 3.45. The number of carbonyl (C=O) groups is 1. The molecular formula is C14H11NO5S. The van der Waals surface area contributed by atoms with Gasteiger partial charge in [0.05, 0.1) is 22.5 Å². The molecule has 0 spiro atoms. The number of rotatable bonds is 5. The number of carboxylic acid groups (broad SMARTS) is 1. The third-order valence-electron chi connectivity index (χ3n) is 2.67. The number of para-hydroxylation sites is 1. The van der Waals surface area contributed by atoms with Crippen LogP contribution in [-0.4, -0.2) is 23.1 Å². The minimum Gasteiger partial charge on any atom is -0.490 e. The van der Waals surface area contributed by atoms with Crippen LogP contribution < -0.4 is 4.74 Å². The van der Waals surface area contributed by atoms with Gasteiger partial charge in [-0.15, -0.1) is 0 Å². The Kier molecular flexibility index (Phi) is 4.44. The molecule has 0 aliphatic carbocycles. The molecule has 0 saturated heterocycles. The van der Waals surface area contributed by atoms with Crippen molar-refractivity contribution in [3.63, 3.8) is 0 Å². The van der Waals surface area contributed by atoms with Crippen molar-refractivity contribution < 1.29 is 19.6 Å². The maximum Gasteiger partial charge on any atom is 0.335 e. The first-order valence-corrected chi connectivity index (χ1v) is 6.67. The van der Waals surface area contributed by atoms with E-state index < -0.39 is 10.9 Å². The molecule has 2 aromatic rings. The summed E-state index contributed by atoms with van der Waals surface area (Å²) in [5, 5.41) is 20.1. The monoisotopic (exact) mass is 305 g/mol. The predicted molar refractivity (Wildman–Crippen MR) is 77.2 cm³/mol. The number of hydrogen-bond acceptors (Lipinski definition) is 5. The number of methoxy groups -OCH3 is 1. The van der Waals surface area contributed by atoms with E-state index in [2.05, 4.69) is 0 Å². The average Bonchev–Trinajstić information content (AvgIpc) is 2.46. The number of hydrogen-bond donors (Lipinski definition) is 1. The molecule has 7 heteroatoms. The van der Waals surface area contributed by atoms with E-state index in [0.29, 0.717) is 9.79 Å². The van der Waals surface area contributed by atoms with Gasteiger partial charge in [-0.2, -0.15) is 0 Å². The van der Waals surface area contributed by atoms with Crippen molar-refractivity contribution in [1.29, 1.82) is 0 Å². The molecule has 0 aliphatic rings. The van der Waals surface area contributed by atoms with Gasteiger partial charge in [0.2, 0.25) is 0 Å². The highest BCUT2D eigenvalue weighted by atomic mass is 32.2. The zero-order valence-electron chi connectivity index (χ0n) is 11.0. The van der Waals surface area contributed by atoms with Gasteiger partial charge < -0.3 is 9.84 Å². The van der Waals surface area contributed by atoms with Crippen molar-refractivity contribution in [2.75, 3.05) is 7.11 Å². The SMILES string of the molecule is COc1cccc(Sc2cccc(C(=O)O)c2)c1[N+](=O)[O-]. The molecular weight excluding hydrogens is 294 g/mol. The summed E-state index contributed by atoms with van der Waals surface area (Å²) < 4.78 is 5.00. The third kappa shape index (κ3) is 3.32. The second-order valence-electron chi connectivity index (χ2n) is 4.00. The lowest BCUT2D eigenvalue weighted by Gasteiger charge is -2.07. The first-order chi connectivity index (χ1) is 10.0. The molecule has 1 N–H and O–H groups in total. The molecule has 0 fully saturated rings. The van der Waals surface area contributed by atoms with Crippen LogP contribution in [0.3, 0.4) is 0 Å². The lowest BCUT2D eigenvalue weighted by Crippen LogP contribution is -1.97. The zero-order chi connectivity index (χ0) is 15.4. The normalized spacial score (nSPS) is 10.1. The topological polar surface area (TPSA) is 89.7 Å². The first-order valence-electron chi connectivity index (χ1n) is 5.85. The number of ether oxygens (including phenoxy) is 1. The Labute approximate surface area is 124 Å². The Hall–Kier alpha value is -2.54. The van der Waals surface area contributed by atoms with Crippen LogP contribution in [0.1, 0.15) is 10.4 Å². The van der Waals surface area contributed by atoms with Crippen LogP contribution in [0.5, 0.6) is 5.75 Å². The average molecular weight is 305 g/mol. The Balaban J connectivity index is 2.42. The molecule has 0 aromatic heterocycles. The van der Waals surface area contributed by atoms with Crippen LogP contribution >= 0.6 is 11.8 Å². The molecule has 0 heterocycles. The highest BCUT2D eigenvalue weighted by Crippen LogP contribution is 2.40. The fourth-order valence-electron chi connectivity index (χ4n) is 1.75. The summed E-state index contributed by atoms with van der Waals surface area (Å²) in [6.07, 6.45) is 0. The molecule has 2 rings (SSSR count). The van der Waals surface area contributed by atoms with Crippen molar-refractivity contribution in [1.82, 2.24) is 0 Å². The summed E-state index contributed by atoms with van der Waals surface area (Å²) in [6.45, 7) is 0. The van der Waals surface area contributed by atoms with Crippen molar-refractivity contribution in [3.05, 3.63) is 58.1 Å². The quantitative estimate of drug-likeness (QED) is 0.672. The number of nitro groups is 1. The summed E-state index contributed by atoms with van der Waals surface area (Å²) in [7, 11) is 1.36. The van der Waals surface area contributed by atoms with Crippen molar-refractivity contribution >= 4 is 23.4 Å². The summed E-state index contributed by atoms with van der Waals surface area (Å²) in [4.78, 5) is 22.6. The lowest BCUT2D eigenvalue weighted by atomic mass is 10.2. The van der Waals surface area contributed by atoms with Gasteiger partial charge in [-0.05, 0) is 30.3 Å². The zero-order valence-corrected chi connectivity index (χ0v) is 11.8. The largest absolute Gasteiger partial charge is 0.490 e. The van der Waals surface area contributed by atoms with E-state index in [9.17, 15) is 14.9 Å². The van der Waals surface area contributed by atoms with Crippen molar-refractivity contribution in [3.8, 4) is 5.75 Å². The number of benzene rings is 2. The van der Waals surface area contributed by atoms with E-state index in [1.807, 2.05) is 0 Å². The number of aromatic carboxylic acids is 1. The first kappa shape index (κ1) is 14.9. The number of nitrogens with zero attached hydrogens (tertiary/aromatic N) is 1. The fraction of sp³-hybridized carbons (Fsp3) is 0.0714. The second-order valence-corrected chi connectivity index (χ2v) is 5.11. The van der Waals surface area contributed by atoms with Crippen LogP contribution in [-0.2, 0) is 0 Å². The molecule has 6 nitrogen and oxygen atoms in total. The molecule has 0 saturated carbocycles. The third-order valence-corrected chi connectivity index (χ3v) is 3.71. The smallest absolute Gasteiger partial charge is 0.335 e. The molecule has 0 unspecified atom stereocenters. The highest BCUT2D eigenvalue weighted by Gasteiger charge is 2.21. The van der Waals surface area contributed by atoms with E-state index in [1.54, 1.807) is 24.3 Å². The Bertz CT molecular complexity index is 702. The van der Waals surface area contributed by atoms with Crippen LogP contribution in [0.15, 0.2) is 52.3 Å². The summed E-state index contributed by atoms with van der Waals surface area (Å²) in [5.74, 6) is -0.878. The van der Waals surface area contributed by atoms with Gasteiger partial charge in [-0.1, -0.05) is 23.9 Å². The summed E-state index contributed by atoms with van der Waals surface area (Å²) >= 11 is 1.12. The molecule has 0 radical (unpaired) electrons. The van der Waals surface area contributed by atoms with Gasteiger partial charge in [-0.25, -0.2) is 4.79 Å². The van der Waals surface area contributed by atoms with Gasteiger partial charge in [0.15, 0.2) is 5.75 Å². The minimum absolute atomic E-state index is 0.130. The molecule has 108 valence electrons.